The summed E-state index contributed by atoms with van der Waals surface area (Å²) in [5.41, 5.74) is -1.28. The van der Waals surface area contributed by atoms with Crippen molar-refractivity contribution in [3.63, 3.8) is 0 Å². The normalized spacial score (nSPS) is 25.8. The second kappa shape index (κ2) is 5.09. The summed E-state index contributed by atoms with van der Waals surface area (Å²) in [6.07, 6.45) is 3.38. The van der Waals surface area contributed by atoms with Crippen LogP contribution in [-0.4, -0.2) is 46.2 Å². The van der Waals surface area contributed by atoms with Crippen LogP contribution in [0.15, 0.2) is 0 Å². The Balaban J connectivity index is 2.92. The molecule has 0 spiro atoms. The van der Waals surface area contributed by atoms with Crippen LogP contribution in [0.25, 0.3) is 0 Å². The van der Waals surface area contributed by atoms with Gasteiger partial charge in [-0.2, -0.15) is 16.8 Å². The fourth-order valence-corrected chi connectivity index (χ4v) is 3.79. The number of carbonyl (C=O) groups excluding carboxylic acids is 1. The molecule has 1 unspecified atom stereocenters. The zero-order valence-electron chi connectivity index (χ0n) is 10.2. The van der Waals surface area contributed by atoms with Gasteiger partial charge in [-0.3, -0.25) is 8.37 Å². The molecule has 0 radical (unpaired) electrons. The Hall–Kier alpha value is -1.15. The molecule has 0 bridgehead atoms. The van der Waals surface area contributed by atoms with E-state index in [1.165, 1.54) is 13.8 Å². The molecule has 108 valence electrons. The molecule has 0 aromatic heterocycles. The molecule has 8 nitrogen and oxygen atoms in total. The number of esters is 1. The Morgan fingerprint density at radius 3 is 2.42 bits per heavy atom. The summed E-state index contributed by atoms with van der Waals surface area (Å²) < 4.78 is 58.4. The summed E-state index contributed by atoms with van der Waals surface area (Å²) in [6, 6.07) is 0. The van der Waals surface area contributed by atoms with Crippen molar-refractivity contribution in [2.75, 3.05) is 11.7 Å². The highest BCUT2D eigenvalue weighted by molar-refractivity contribution is 8.03. The van der Waals surface area contributed by atoms with Crippen LogP contribution in [-0.2, 0) is 38.1 Å². The summed E-state index contributed by atoms with van der Waals surface area (Å²) >= 11 is 0. The van der Waals surface area contributed by atoms with Crippen LogP contribution < -0.4 is 0 Å². The summed E-state index contributed by atoms with van der Waals surface area (Å²) in [5, 5.41) is -1.36. The highest BCUT2D eigenvalue weighted by Gasteiger charge is 2.38. The van der Waals surface area contributed by atoms with Gasteiger partial charge in [-0.05, 0) is 13.8 Å². The maximum Gasteiger partial charge on any atom is 0.340 e. The fourth-order valence-electron chi connectivity index (χ4n) is 1.06. The predicted molar refractivity (Wildman–Crippen MR) is 62.5 cm³/mol. The molecule has 1 rings (SSSR count). The lowest BCUT2D eigenvalue weighted by Gasteiger charge is -2.21. The highest BCUT2D eigenvalue weighted by Crippen LogP contribution is 2.16. The number of hydrogen-bond acceptors (Lipinski definition) is 8. The molecule has 0 aliphatic carbocycles. The van der Waals surface area contributed by atoms with Gasteiger partial charge in [0.1, 0.15) is 6.61 Å². The van der Waals surface area contributed by atoms with Gasteiger partial charge >= 0.3 is 5.97 Å². The molecule has 10 heteroatoms. The maximum absolute atomic E-state index is 11.6. The molecule has 1 atom stereocenters. The molecule has 1 heterocycles. The lowest BCUT2D eigenvalue weighted by molar-refractivity contribution is -0.161. The molecular weight excluding hydrogens is 300 g/mol. The van der Waals surface area contributed by atoms with Gasteiger partial charge in [0.05, 0.1) is 0 Å². The van der Waals surface area contributed by atoms with Crippen LogP contribution in [0, 0.1) is 12.3 Å². The minimum Gasteiger partial charge on any atom is -0.444 e. The van der Waals surface area contributed by atoms with Crippen molar-refractivity contribution in [1.29, 1.82) is 0 Å². The average Bonchev–Trinajstić information content (AvgIpc) is 2.32. The second-order valence-electron chi connectivity index (χ2n) is 4.18. The Bertz CT molecular complexity index is 607. The maximum atomic E-state index is 11.6. The molecule has 0 aromatic rings. The van der Waals surface area contributed by atoms with Crippen LogP contribution >= 0.6 is 0 Å². The number of ether oxygens (including phenoxy) is 1. The first-order valence-electron chi connectivity index (χ1n) is 4.95. The molecule has 1 fully saturated rings. The van der Waals surface area contributed by atoms with Crippen molar-refractivity contribution in [2.24, 2.45) is 0 Å². The first-order valence-corrected chi connectivity index (χ1v) is 8.10. The molecule has 0 N–H and O–H groups in total. The van der Waals surface area contributed by atoms with Crippen LogP contribution in [0.5, 0.6) is 0 Å². The monoisotopic (exact) mass is 312 g/mol. The standard InChI is InChI=1S/C9H12O8S2/c1-4-9(2,3)16-8(10)7-5-15-18(11,12)6-19(13,14)17-7/h1,7H,5-6H2,2-3H3. The Morgan fingerprint density at radius 1 is 1.32 bits per heavy atom. The van der Waals surface area contributed by atoms with E-state index in [0.717, 1.165) is 0 Å². The van der Waals surface area contributed by atoms with E-state index >= 15 is 0 Å². The van der Waals surface area contributed by atoms with Gasteiger partial charge in [-0.25, -0.2) is 4.79 Å². The lowest BCUT2D eigenvalue weighted by atomic mass is 10.1. The Kier molecular flexibility index (Phi) is 4.26. The highest BCUT2D eigenvalue weighted by atomic mass is 32.3. The molecule has 1 saturated heterocycles. The van der Waals surface area contributed by atoms with Gasteiger partial charge in [0, 0.05) is 0 Å². The average molecular weight is 312 g/mol. The van der Waals surface area contributed by atoms with E-state index in [4.69, 9.17) is 11.2 Å². The topological polar surface area (TPSA) is 113 Å². The van der Waals surface area contributed by atoms with E-state index in [0.29, 0.717) is 0 Å². The number of rotatable bonds is 2. The molecule has 0 amide bonds. The number of terminal acetylenes is 1. The summed E-state index contributed by atoms with van der Waals surface area (Å²) in [5.74, 6) is 1.04. The zero-order chi connectivity index (χ0) is 14.9. The molecule has 19 heavy (non-hydrogen) atoms. The predicted octanol–water partition coefficient (Wildman–Crippen LogP) is -1.03. The fraction of sp³-hybridized carbons (Fsp3) is 0.667. The molecular formula is C9H12O8S2. The van der Waals surface area contributed by atoms with E-state index in [1.807, 2.05) is 0 Å². The molecule has 0 saturated carbocycles. The first-order chi connectivity index (χ1) is 8.46. The van der Waals surface area contributed by atoms with Gasteiger partial charge in [-0.1, -0.05) is 5.92 Å². The smallest absolute Gasteiger partial charge is 0.340 e. The summed E-state index contributed by atoms with van der Waals surface area (Å²) in [6.45, 7) is 2.00. The first kappa shape index (κ1) is 15.9. The van der Waals surface area contributed by atoms with Crippen LogP contribution in [0.3, 0.4) is 0 Å². The molecule has 0 aromatic carbocycles. The van der Waals surface area contributed by atoms with Gasteiger partial charge in [0.25, 0.3) is 20.2 Å². The van der Waals surface area contributed by atoms with E-state index in [2.05, 4.69) is 14.3 Å². The van der Waals surface area contributed by atoms with Gasteiger partial charge in [0.2, 0.25) is 5.08 Å². The number of hydrogen-bond donors (Lipinski definition) is 0. The third-order valence-corrected chi connectivity index (χ3v) is 5.25. The van der Waals surface area contributed by atoms with Crippen LogP contribution in [0.4, 0.5) is 0 Å². The lowest BCUT2D eigenvalue weighted by Crippen LogP contribution is -2.37. The van der Waals surface area contributed by atoms with Gasteiger partial charge in [0.15, 0.2) is 11.7 Å². The van der Waals surface area contributed by atoms with Crippen LogP contribution in [0.1, 0.15) is 13.8 Å². The van der Waals surface area contributed by atoms with Crippen molar-refractivity contribution in [3.05, 3.63) is 0 Å². The van der Waals surface area contributed by atoms with Crippen LogP contribution in [0.2, 0.25) is 0 Å². The third kappa shape index (κ3) is 4.79. The SMILES string of the molecule is C#CC(C)(C)OC(=O)C1COS(=O)(=O)CS(=O)(=O)O1. The van der Waals surface area contributed by atoms with Gasteiger partial charge in [-0.15, -0.1) is 6.42 Å². The van der Waals surface area contributed by atoms with E-state index in [-0.39, 0.29) is 0 Å². The van der Waals surface area contributed by atoms with Crippen molar-refractivity contribution in [2.45, 2.75) is 25.6 Å². The number of carbonyl (C=O) groups is 1. The Labute approximate surface area is 111 Å². The zero-order valence-corrected chi connectivity index (χ0v) is 11.8. The van der Waals surface area contributed by atoms with E-state index < -0.39 is 49.6 Å². The summed E-state index contributed by atoms with van der Waals surface area (Å²) in [4.78, 5) is 11.6. The van der Waals surface area contributed by atoms with E-state index in [9.17, 15) is 21.6 Å². The summed E-state index contributed by atoms with van der Waals surface area (Å²) in [7, 11) is -8.75. The van der Waals surface area contributed by atoms with Gasteiger partial charge < -0.3 is 4.74 Å². The largest absolute Gasteiger partial charge is 0.444 e. The third-order valence-electron chi connectivity index (χ3n) is 1.92. The quantitative estimate of drug-likeness (QED) is 0.361. The Morgan fingerprint density at radius 2 is 1.89 bits per heavy atom. The van der Waals surface area contributed by atoms with E-state index in [1.54, 1.807) is 0 Å². The molecule has 1 aliphatic heterocycles. The minimum absolute atomic E-state index is 0.791. The minimum atomic E-state index is -4.45. The van der Waals surface area contributed by atoms with Crippen molar-refractivity contribution in [1.82, 2.24) is 0 Å². The van der Waals surface area contributed by atoms with Crippen molar-refractivity contribution >= 4 is 26.2 Å². The van der Waals surface area contributed by atoms with Crippen molar-refractivity contribution in [3.8, 4) is 12.3 Å². The molecule has 1 aliphatic rings. The van der Waals surface area contributed by atoms with Crippen molar-refractivity contribution < 1.29 is 34.7 Å². The second-order valence-corrected chi connectivity index (χ2v) is 7.78.